The number of benzene rings is 3. The largest absolute Gasteiger partial charge is 0.373 e. The second kappa shape index (κ2) is 11.9. The molecule has 3 aromatic carbocycles. The Balaban J connectivity index is 1.41. The molecule has 42 heavy (non-hydrogen) atoms. The van der Waals surface area contributed by atoms with Crippen LogP contribution in [0.15, 0.2) is 73.1 Å². The Bertz CT molecular complexity index is 1790. The number of alkyl halides is 1. The minimum absolute atomic E-state index is 0.0559. The maximum Gasteiger partial charge on any atom is 0.141 e. The van der Waals surface area contributed by atoms with Crippen molar-refractivity contribution in [2.45, 2.75) is 24.7 Å². The van der Waals surface area contributed by atoms with Gasteiger partial charge in [-0.3, -0.25) is 4.98 Å². The van der Waals surface area contributed by atoms with E-state index in [1.807, 2.05) is 36.4 Å². The van der Waals surface area contributed by atoms with Crippen LogP contribution in [0.3, 0.4) is 0 Å². The highest BCUT2D eigenvalue weighted by atomic mass is 35.5. The first kappa shape index (κ1) is 27.8. The highest BCUT2D eigenvalue weighted by Crippen LogP contribution is 2.37. The zero-order valence-corrected chi connectivity index (χ0v) is 23.5. The van der Waals surface area contributed by atoms with Crippen LogP contribution in [0.25, 0.3) is 10.9 Å². The quantitative estimate of drug-likeness (QED) is 0.184. The van der Waals surface area contributed by atoms with Crippen LogP contribution in [0, 0.1) is 17.1 Å². The molecule has 212 valence electrons. The van der Waals surface area contributed by atoms with Crippen molar-refractivity contribution in [3.8, 4) is 6.07 Å². The van der Waals surface area contributed by atoms with Crippen LogP contribution in [0.4, 0.5) is 25.8 Å². The van der Waals surface area contributed by atoms with Crippen molar-refractivity contribution in [2.24, 2.45) is 0 Å². The van der Waals surface area contributed by atoms with E-state index in [0.717, 1.165) is 5.56 Å². The number of anilines is 3. The molecule has 1 aliphatic rings. The third-order valence-corrected chi connectivity index (χ3v) is 7.79. The number of nitrogens with one attached hydrogen (secondary N) is 3. The summed E-state index contributed by atoms with van der Waals surface area (Å²) in [5.41, 5.74) is 3.80. The van der Waals surface area contributed by atoms with Gasteiger partial charge in [0.05, 0.1) is 45.1 Å². The second-order valence-electron chi connectivity index (χ2n) is 9.95. The van der Waals surface area contributed by atoms with E-state index in [4.69, 9.17) is 23.2 Å². The van der Waals surface area contributed by atoms with Gasteiger partial charge in [0.1, 0.15) is 23.8 Å². The van der Waals surface area contributed by atoms with Gasteiger partial charge in [0.15, 0.2) is 0 Å². The molecule has 0 spiro atoms. The van der Waals surface area contributed by atoms with E-state index in [-0.39, 0.29) is 17.1 Å². The zero-order chi connectivity index (χ0) is 29.2. The molecule has 6 rings (SSSR count). The van der Waals surface area contributed by atoms with Crippen LogP contribution in [-0.4, -0.2) is 39.2 Å². The first-order valence-electron chi connectivity index (χ1n) is 13.2. The van der Waals surface area contributed by atoms with E-state index in [0.29, 0.717) is 51.6 Å². The molecule has 1 fully saturated rings. The number of halogens is 4. The van der Waals surface area contributed by atoms with Crippen molar-refractivity contribution in [3.05, 3.63) is 106 Å². The first-order valence-corrected chi connectivity index (χ1v) is 14.0. The molecule has 3 N–H and O–H groups in total. The van der Waals surface area contributed by atoms with Gasteiger partial charge in [0.25, 0.3) is 0 Å². The highest BCUT2D eigenvalue weighted by Gasteiger charge is 2.28. The third-order valence-electron chi connectivity index (χ3n) is 7.22. The summed E-state index contributed by atoms with van der Waals surface area (Å²) in [4.78, 5) is 4.41. The fraction of sp³-hybridized carbons (Fsp3) is 0.200. The van der Waals surface area contributed by atoms with E-state index in [9.17, 15) is 14.0 Å². The molecular formula is C30H24Cl2F2N8. The van der Waals surface area contributed by atoms with E-state index in [1.54, 1.807) is 16.9 Å². The third kappa shape index (κ3) is 5.59. The fourth-order valence-corrected chi connectivity index (χ4v) is 5.56. The lowest BCUT2D eigenvalue weighted by Gasteiger charge is -2.26. The topological polar surface area (TPSA) is 103 Å². The van der Waals surface area contributed by atoms with Gasteiger partial charge >= 0.3 is 0 Å². The number of hydrogen-bond donors (Lipinski definition) is 3. The van der Waals surface area contributed by atoms with Gasteiger partial charge in [-0.1, -0.05) is 58.7 Å². The highest BCUT2D eigenvalue weighted by molar-refractivity contribution is 6.36. The van der Waals surface area contributed by atoms with E-state index in [1.165, 1.54) is 24.4 Å². The predicted octanol–water partition coefficient (Wildman–Crippen LogP) is 6.96. The smallest absolute Gasteiger partial charge is 0.141 e. The van der Waals surface area contributed by atoms with Gasteiger partial charge < -0.3 is 16.0 Å². The number of rotatable bonds is 7. The van der Waals surface area contributed by atoms with Gasteiger partial charge in [-0.05, 0) is 48.9 Å². The summed E-state index contributed by atoms with van der Waals surface area (Å²) in [6, 6.07) is 18.8. The number of pyridine rings is 1. The number of nitriles is 1. The van der Waals surface area contributed by atoms with Crippen molar-refractivity contribution in [1.82, 2.24) is 25.3 Å². The molecule has 5 aromatic rings. The summed E-state index contributed by atoms with van der Waals surface area (Å²) < 4.78 is 30.1. The summed E-state index contributed by atoms with van der Waals surface area (Å²) in [5, 5.41) is 29.2. The summed E-state index contributed by atoms with van der Waals surface area (Å²) in [7, 11) is 0. The summed E-state index contributed by atoms with van der Waals surface area (Å²) in [6.45, 7) is 0.977. The average molecular weight is 605 g/mol. The number of piperidine rings is 1. The molecule has 3 heterocycles. The number of aromatic nitrogens is 4. The Labute approximate surface area is 250 Å². The Morgan fingerprint density at radius 3 is 2.64 bits per heavy atom. The van der Waals surface area contributed by atoms with Gasteiger partial charge in [-0.25, -0.2) is 13.5 Å². The van der Waals surface area contributed by atoms with Crippen LogP contribution in [-0.2, 0) is 0 Å². The Hall–Kier alpha value is -4.30. The molecule has 1 aliphatic heterocycles. The van der Waals surface area contributed by atoms with Crippen LogP contribution in [0.1, 0.15) is 35.3 Å². The minimum Gasteiger partial charge on any atom is -0.373 e. The predicted molar refractivity (Wildman–Crippen MR) is 160 cm³/mol. The van der Waals surface area contributed by atoms with Gasteiger partial charge in [0.2, 0.25) is 0 Å². The molecule has 0 bridgehead atoms. The number of hydrogen-bond acceptors (Lipinski definition) is 7. The molecule has 0 radical (unpaired) electrons. The normalized spacial score (nSPS) is 17.5. The fourth-order valence-electron chi connectivity index (χ4n) is 5.11. The molecule has 8 nitrogen and oxygen atoms in total. The minimum atomic E-state index is -1.07. The van der Waals surface area contributed by atoms with E-state index >= 15 is 0 Å². The van der Waals surface area contributed by atoms with Crippen LogP contribution in [0.2, 0.25) is 10.0 Å². The van der Waals surface area contributed by atoms with Gasteiger partial charge in [-0.2, -0.15) is 5.26 Å². The standard InChI is InChI=1S/C30H24Cl2F2N8/c31-22-11-19(6-7-24(22)33)38-28-18(13-35)14-37-30-21(28)10-20(12-23(30)32)39-29(17-4-2-1-3-5-17)26-16-42(41-40-26)27-8-9-36-15-25(27)34/h1-7,10-12,14,16,25,27,29,36,39H,8-9,15H2,(H,37,38)/t25-,27+,29?/m0/s1. The average Bonchev–Trinajstić information content (AvgIpc) is 3.48. The molecule has 1 unspecified atom stereocenters. The van der Waals surface area contributed by atoms with Gasteiger partial charge in [0, 0.05) is 29.5 Å². The molecule has 3 atom stereocenters. The van der Waals surface area contributed by atoms with E-state index < -0.39 is 24.1 Å². The van der Waals surface area contributed by atoms with Crippen molar-refractivity contribution in [3.63, 3.8) is 0 Å². The van der Waals surface area contributed by atoms with Gasteiger partial charge in [-0.15, -0.1) is 5.10 Å². The maximum atomic E-state index is 14.7. The van der Waals surface area contributed by atoms with Crippen molar-refractivity contribution >= 4 is 51.2 Å². The summed E-state index contributed by atoms with van der Waals surface area (Å²) in [5.74, 6) is -0.553. The lowest BCUT2D eigenvalue weighted by atomic mass is 10.0. The van der Waals surface area contributed by atoms with Crippen LogP contribution in [0.5, 0.6) is 0 Å². The molecule has 2 aromatic heterocycles. The zero-order valence-electron chi connectivity index (χ0n) is 22.0. The van der Waals surface area contributed by atoms with Crippen molar-refractivity contribution in [2.75, 3.05) is 23.7 Å². The molecule has 0 saturated carbocycles. The lowest BCUT2D eigenvalue weighted by Crippen LogP contribution is -2.39. The maximum absolute atomic E-state index is 14.7. The lowest BCUT2D eigenvalue weighted by molar-refractivity contribution is 0.171. The second-order valence-corrected chi connectivity index (χ2v) is 10.8. The Morgan fingerprint density at radius 1 is 1.07 bits per heavy atom. The number of nitrogens with zero attached hydrogens (tertiary/aromatic N) is 5. The molecule has 1 saturated heterocycles. The molecule has 12 heteroatoms. The van der Waals surface area contributed by atoms with E-state index in [2.05, 4.69) is 37.3 Å². The summed E-state index contributed by atoms with van der Waals surface area (Å²) >= 11 is 12.7. The Kier molecular flexibility index (Phi) is 7.89. The summed E-state index contributed by atoms with van der Waals surface area (Å²) in [6.07, 6.45) is 2.74. The molecule has 0 aliphatic carbocycles. The first-order chi connectivity index (χ1) is 20.4. The Morgan fingerprint density at radius 2 is 1.88 bits per heavy atom. The molecule has 0 amide bonds. The monoisotopic (exact) mass is 604 g/mol. The van der Waals surface area contributed by atoms with Crippen LogP contribution >= 0.6 is 23.2 Å². The van der Waals surface area contributed by atoms with Crippen LogP contribution < -0.4 is 16.0 Å². The SMILES string of the molecule is N#Cc1cnc2c(Cl)cc(NC(c3ccccc3)c3cn([C@@H]4CCNC[C@@H]4F)nn3)cc2c1Nc1ccc(F)c(Cl)c1. The molecular weight excluding hydrogens is 581 g/mol. The number of fused-ring (bicyclic) bond motifs is 1. The van der Waals surface area contributed by atoms with Crippen molar-refractivity contribution in [1.29, 1.82) is 5.26 Å². The van der Waals surface area contributed by atoms with Crippen molar-refractivity contribution < 1.29 is 8.78 Å².